The van der Waals surface area contributed by atoms with Crippen LogP contribution in [-0.4, -0.2) is 23.4 Å². The molecule has 0 bridgehead atoms. The van der Waals surface area contributed by atoms with Crippen molar-refractivity contribution < 1.29 is 14.0 Å². The third-order valence-electron chi connectivity index (χ3n) is 3.69. The molecule has 2 aromatic rings. The summed E-state index contributed by atoms with van der Waals surface area (Å²) in [6.45, 7) is 0. The van der Waals surface area contributed by atoms with Crippen molar-refractivity contribution in [3.8, 4) is 22.9 Å². The van der Waals surface area contributed by atoms with Gasteiger partial charge in [-0.05, 0) is 43.9 Å². The second-order valence-electron chi connectivity index (χ2n) is 5.31. The maximum atomic E-state index is 6.04. The van der Waals surface area contributed by atoms with E-state index >= 15 is 0 Å². The molecular weight excluding hydrogens is 363 g/mol. The lowest BCUT2D eigenvalue weighted by Gasteiger charge is -2.16. The minimum absolute atomic E-state index is 0.0772. The molecule has 1 aromatic heterocycles. The highest BCUT2D eigenvalue weighted by atomic mass is 35.6. The minimum atomic E-state index is -1.75. The van der Waals surface area contributed by atoms with Crippen LogP contribution in [0.15, 0.2) is 22.7 Å². The number of methoxy groups -OCH3 is 1. The molecule has 124 valence electrons. The van der Waals surface area contributed by atoms with Crippen LogP contribution in [-0.2, 0) is 3.79 Å². The number of benzene rings is 1. The van der Waals surface area contributed by atoms with Crippen molar-refractivity contribution in [2.24, 2.45) is 0 Å². The van der Waals surface area contributed by atoms with Crippen LogP contribution < -0.4 is 9.47 Å². The van der Waals surface area contributed by atoms with E-state index in [1.165, 1.54) is 12.8 Å². The number of aromatic nitrogens is 2. The first kappa shape index (κ1) is 16.7. The quantitative estimate of drug-likeness (QED) is 0.710. The first-order chi connectivity index (χ1) is 11.0. The number of hydrogen-bond acceptors (Lipinski definition) is 5. The summed E-state index contributed by atoms with van der Waals surface area (Å²) in [6, 6.07) is 5.41. The zero-order chi connectivity index (χ0) is 16.4. The summed E-state index contributed by atoms with van der Waals surface area (Å²) in [6.07, 6.45) is 4.68. The Kier molecular flexibility index (Phi) is 4.90. The summed E-state index contributed by atoms with van der Waals surface area (Å²) < 4.78 is 14.6. The number of alkyl halides is 3. The summed E-state index contributed by atoms with van der Waals surface area (Å²) in [5.74, 6) is 1.56. The fourth-order valence-electron chi connectivity index (χ4n) is 2.55. The van der Waals surface area contributed by atoms with Gasteiger partial charge in [-0.2, -0.15) is 4.98 Å². The summed E-state index contributed by atoms with van der Waals surface area (Å²) >= 11 is 17.2. The molecule has 0 atom stereocenters. The molecule has 3 rings (SSSR count). The van der Waals surface area contributed by atoms with Crippen molar-refractivity contribution in [3.05, 3.63) is 24.1 Å². The molecule has 1 aromatic carbocycles. The number of ether oxygens (including phenoxy) is 2. The zero-order valence-corrected chi connectivity index (χ0v) is 14.7. The third kappa shape index (κ3) is 3.84. The summed E-state index contributed by atoms with van der Waals surface area (Å²) in [4.78, 5) is 4.11. The predicted octanol–water partition coefficient (Wildman–Crippen LogP) is 4.89. The molecule has 0 unspecified atom stereocenters. The van der Waals surface area contributed by atoms with E-state index in [0.29, 0.717) is 22.9 Å². The minimum Gasteiger partial charge on any atom is -0.493 e. The smallest absolute Gasteiger partial charge is 0.279 e. The van der Waals surface area contributed by atoms with Crippen molar-refractivity contribution in [3.63, 3.8) is 0 Å². The Morgan fingerprint density at radius 1 is 1.17 bits per heavy atom. The number of halogens is 3. The lowest BCUT2D eigenvalue weighted by Crippen LogP contribution is -2.11. The fourth-order valence-corrected chi connectivity index (χ4v) is 2.78. The Labute approximate surface area is 148 Å². The van der Waals surface area contributed by atoms with Crippen LogP contribution in [0, 0.1) is 0 Å². The molecule has 1 aliphatic carbocycles. The summed E-state index contributed by atoms with van der Waals surface area (Å²) in [5, 5.41) is 3.85. The monoisotopic (exact) mass is 376 g/mol. The van der Waals surface area contributed by atoms with E-state index in [1.807, 2.05) is 6.07 Å². The zero-order valence-electron chi connectivity index (χ0n) is 12.4. The number of hydrogen-bond donors (Lipinski definition) is 0. The molecule has 1 heterocycles. The van der Waals surface area contributed by atoms with E-state index in [-0.39, 0.29) is 12.0 Å². The van der Waals surface area contributed by atoms with Gasteiger partial charge in [0.05, 0.1) is 13.2 Å². The van der Waals surface area contributed by atoms with Gasteiger partial charge in [-0.3, -0.25) is 0 Å². The lowest BCUT2D eigenvalue weighted by atomic mass is 10.2. The van der Waals surface area contributed by atoms with E-state index in [9.17, 15) is 0 Å². The first-order valence-corrected chi connectivity index (χ1v) is 8.37. The molecule has 0 N–H and O–H groups in total. The second-order valence-corrected chi connectivity index (χ2v) is 7.59. The molecule has 8 heteroatoms. The molecule has 0 saturated heterocycles. The molecule has 0 amide bonds. The first-order valence-electron chi connectivity index (χ1n) is 7.23. The predicted molar refractivity (Wildman–Crippen MR) is 88.4 cm³/mol. The highest BCUT2D eigenvalue weighted by molar-refractivity contribution is 6.66. The number of rotatable bonds is 4. The van der Waals surface area contributed by atoms with Crippen LogP contribution >= 0.6 is 34.8 Å². The van der Waals surface area contributed by atoms with E-state index in [1.54, 1.807) is 19.2 Å². The van der Waals surface area contributed by atoms with Gasteiger partial charge < -0.3 is 14.0 Å². The van der Waals surface area contributed by atoms with Gasteiger partial charge in [0.1, 0.15) is 0 Å². The van der Waals surface area contributed by atoms with E-state index in [2.05, 4.69) is 10.1 Å². The maximum Gasteiger partial charge on any atom is 0.279 e. The third-order valence-corrected chi connectivity index (χ3v) is 4.17. The highest BCUT2D eigenvalue weighted by Crippen LogP contribution is 2.39. The average molecular weight is 378 g/mol. The van der Waals surface area contributed by atoms with Gasteiger partial charge in [0.15, 0.2) is 11.5 Å². The van der Waals surface area contributed by atoms with Gasteiger partial charge in [-0.25, -0.2) is 0 Å². The van der Waals surface area contributed by atoms with E-state index < -0.39 is 3.79 Å². The molecule has 5 nitrogen and oxygen atoms in total. The highest BCUT2D eigenvalue weighted by Gasteiger charge is 2.31. The van der Waals surface area contributed by atoms with Gasteiger partial charge in [0.2, 0.25) is 5.82 Å². The van der Waals surface area contributed by atoms with E-state index in [4.69, 9.17) is 48.8 Å². The van der Waals surface area contributed by atoms with Crippen LogP contribution in [0.25, 0.3) is 11.4 Å². The van der Waals surface area contributed by atoms with Crippen LogP contribution in [0.4, 0.5) is 0 Å². The van der Waals surface area contributed by atoms with Crippen molar-refractivity contribution in [2.75, 3.05) is 7.11 Å². The van der Waals surface area contributed by atoms with Crippen molar-refractivity contribution in [2.45, 2.75) is 35.6 Å². The molecule has 23 heavy (non-hydrogen) atoms. The lowest BCUT2D eigenvalue weighted by molar-refractivity contribution is 0.201. The van der Waals surface area contributed by atoms with E-state index in [0.717, 1.165) is 12.8 Å². The molecule has 1 saturated carbocycles. The summed E-state index contributed by atoms with van der Waals surface area (Å²) in [5.41, 5.74) is 0.697. The fraction of sp³-hybridized carbons (Fsp3) is 0.467. The second kappa shape index (κ2) is 6.75. The molecule has 0 spiro atoms. The van der Waals surface area contributed by atoms with Crippen molar-refractivity contribution >= 4 is 34.8 Å². The van der Waals surface area contributed by atoms with Gasteiger partial charge in [0, 0.05) is 5.56 Å². The molecule has 1 fully saturated rings. The largest absolute Gasteiger partial charge is 0.493 e. The normalized spacial score (nSPS) is 15.8. The Hall–Kier alpha value is -1.17. The molecular formula is C15H15Cl3N2O3. The molecule has 0 radical (unpaired) electrons. The Bertz CT molecular complexity index is 679. The van der Waals surface area contributed by atoms with Crippen LogP contribution in [0.5, 0.6) is 11.5 Å². The number of nitrogens with zero attached hydrogens (tertiary/aromatic N) is 2. The van der Waals surface area contributed by atoms with Gasteiger partial charge in [-0.1, -0.05) is 40.0 Å². The van der Waals surface area contributed by atoms with Gasteiger partial charge in [0.25, 0.3) is 9.68 Å². The molecule has 1 aliphatic rings. The Morgan fingerprint density at radius 2 is 1.91 bits per heavy atom. The maximum absolute atomic E-state index is 6.04. The molecule has 0 aliphatic heterocycles. The SMILES string of the molecule is COc1ccc(-c2noc(C(Cl)(Cl)Cl)n2)cc1OC1CCCC1. The van der Waals surface area contributed by atoms with Crippen LogP contribution in [0.3, 0.4) is 0 Å². The van der Waals surface area contributed by atoms with Crippen molar-refractivity contribution in [1.29, 1.82) is 0 Å². The van der Waals surface area contributed by atoms with Crippen molar-refractivity contribution in [1.82, 2.24) is 10.1 Å². The van der Waals surface area contributed by atoms with Crippen LogP contribution in [0.1, 0.15) is 31.6 Å². The van der Waals surface area contributed by atoms with Crippen LogP contribution in [0.2, 0.25) is 0 Å². The standard InChI is InChI=1S/C15H15Cl3N2O3/c1-21-11-7-6-9(8-12(11)22-10-4-2-3-5-10)13-19-14(23-20-13)15(16,17)18/h6-8,10H,2-5H2,1H3. The Morgan fingerprint density at radius 3 is 2.52 bits per heavy atom. The average Bonchev–Trinajstić information content (AvgIpc) is 3.18. The Balaban J connectivity index is 1.89. The van der Waals surface area contributed by atoms with Gasteiger partial charge in [-0.15, -0.1) is 0 Å². The topological polar surface area (TPSA) is 57.4 Å². The summed E-state index contributed by atoms with van der Waals surface area (Å²) in [7, 11) is 1.60. The van der Waals surface area contributed by atoms with Gasteiger partial charge >= 0.3 is 0 Å².